The first-order valence-electron chi connectivity index (χ1n) is 6.73. The predicted molar refractivity (Wildman–Crippen MR) is 72.7 cm³/mol. The van der Waals surface area contributed by atoms with Crippen LogP contribution in [0.5, 0.6) is 0 Å². The van der Waals surface area contributed by atoms with Crippen molar-refractivity contribution in [1.82, 2.24) is 9.88 Å². The van der Waals surface area contributed by atoms with Gasteiger partial charge in [-0.1, -0.05) is 13.8 Å². The molecule has 0 aliphatic heterocycles. The van der Waals surface area contributed by atoms with Crippen molar-refractivity contribution in [2.45, 2.75) is 38.8 Å². The number of aromatic nitrogens is 1. The van der Waals surface area contributed by atoms with Crippen LogP contribution in [-0.4, -0.2) is 40.2 Å². The van der Waals surface area contributed by atoms with Crippen molar-refractivity contribution in [3.8, 4) is 0 Å². The molecule has 3 N–H and O–H groups in total. The second-order valence-corrected chi connectivity index (χ2v) is 5.47. The van der Waals surface area contributed by atoms with E-state index in [1.54, 1.807) is 23.2 Å². The van der Waals surface area contributed by atoms with Gasteiger partial charge in [0.25, 0.3) is 0 Å². The number of nitrogens with two attached hydrogens (primary N) is 1. The Morgan fingerprint density at radius 2 is 2.16 bits per heavy atom. The average Bonchev–Trinajstić information content (AvgIpc) is 3.07. The second-order valence-electron chi connectivity index (χ2n) is 5.47. The predicted octanol–water partition coefficient (Wildman–Crippen LogP) is 1.17. The van der Waals surface area contributed by atoms with Gasteiger partial charge in [-0.25, -0.2) is 0 Å². The minimum atomic E-state index is -0.531. The van der Waals surface area contributed by atoms with Crippen molar-refractivity contribution in [2.24, 2.45) is 11.7 Å². The van der Waals surface area contributed by atoms with E-state index in [1.165, 1.54) is 0 Å². The fourth-order valence-electron chi connectivity index (χ4n) is 1.99. The number of aromatic amines is 1. The van der Waals surface area contributed by atoms with Crippen molar-refractivity contribution < 1.29 is 9.59 Å². The highest BCUT2D eigenvalue weighted by atomic mass is 16.2. The molecule has 104 valence electrons. The number of H-pyrrole nitrogens is 1. The summed E-state index contributed by atoms with van der Waals surface area (Å²) in [4.78, 5) is 28.9. The molecule has 0 radical (unpaired) electrons. The van der Waals surface area contributed by atoms with Crippen LogP contribution in [0, 0.1) is 5.92 Å². The molecular formula is C14H21N3O2. The average molecular weight is 263 g/mol. The third-order valence-corrected chi connectivity index (χ3v) is 3.49. The number of nitrogens with one attached hydrogen (secondary N) is 1. The molecule has 0 saturated heterocycles. The molecule has 19 heavy (non-hydrogen) atoms. The lowest BCUT2D eigenvalue weighted by Crippen LogP contribution is -2.49. The molecule has 1 amide bonds. The standard InChI is InChI=1S/C14H21N3O2/c1-9(2)13(15)14(19)17(10-5-6-10)8-12(18)11-4-3-7-16-11/h3-4,7,9-10,13,16H,5-6,8,15H2,1-2H3. The lowest BCUT2D eigenvalue weighted by molar-refractivity contribution is -0.133. The topological polar surface area (TPSA) is 79.2 Å². The summed E-state index contributed by atoms with van der Waals surface area (Å²) in [5.74, 6) is -0.104. The number of hydrogen-bond donors (Lipinski definition) is 2. The highest BCUT2D eigenvalue weighted by molar-refractivity contribution is 5.98. The molecule has 1 aliphatic carbocycles. The summed E-state index contributed by atoms with van der Waals surface area (Å²) in [6.07, 6.45) is 3.64. The van der Waals surface area contributed by atoms with Crippen LogP contribution >= 0.6 is 0 Å². The van der Waals surface area contributed by atoms with Crippen LogP contribution in [0.2, 0.25) is 0 Å². The minimum Gasteiger partial charge on any atom is -0.359 e. The smallest absolute Gasteiger partial charge is 0.240 e. The summed E-state index contributed by atoms with van der Waals surface area (Å²) >= 11 is 0. The van der Waals surface area contributed by atoms with Gasteiger partial charge in [0, 0.05) is 12.2 Å². The van der Waals surface area contributed by atoms with Crippen LogP contribution in [0.25, 0.3) is 0 Å². The fourth-order valence-corrected chi connectivity index (χ4v) is 1.99. The number of amides is 1. The number of hydrogen-bond acceptors (Lipinski definition) is 3. The van der Waals surface area contributed by atoms with Gasteiger partial charge in [-0.15, -0.1) is 0 Å². The van der Waals surface area contributed by atoms with E-state index in [1.807, 2.05) is 13.8 Å². The van der Waals surface area contributed by atoms with Gasteiger partial charge >= 0.3 is 0 Å². The Bertz CT molecular complexity index is 449. The largest absolute Gasteiger partial charge is 0.359 e. The molecule has 1 atom stereocenters. The third kappa shape index (κ3) is 3.23. The number of ketones is 1. The third-order valence-electron chi connectivity index (χ3n) is 3.49. The van der Waals surface area contributed by atoms with E-state index in [0.717, 1.165) is 12.8 Å². The molecule has 1 unspecified atom stereocenters. The second kappa shape index (κ2) is 5.57. The zero-order valence-electron chi connectivity index (χ0n) is 11.4. The molecule has 1 aromatic heterocycles. The Kier molecular flexibility index (Phi) is 4.04. The first-order valence-corrected chi connectivity index (χ1v) is 6.73. The quantitative estimate of drug-likeness (QED) is 0.756. The summed E-state index contributed by atoms with van der Waals surface area (Å²) in [5, 5.41) is 0. The van der Waals surface area contributed by atoms with E-state index in [9.17, 15) is 9.59 Å². The van der Waals surface area contributed by atoms with Crippen molar-refractivity contribution in [3.05, 3.63) is 24.0 Å². The Labute approximate surface area is 113 Å². The Morgan fingerprint density at radius 3 is 2.63 bits per heavy atom. The molecular weight excluding hydrogens is 242 g/mol. The number of rotatable bonds is 6. The van der Waals surface area contributed by atoms with Crippen LogP contribution in [0.4, 0.5) is 0 Å². The summed E-state index contributed by atoms with van der Waals surface area (Å²) < 4.78 is 0. The van der Waals surface area contributed by atoms with Crippen LogP contribution in [0.1, 0.15) is 37.2 Å². The number of Topliss-reactive ketones (excluding diaryl/α,β-unsaturated/α-hetero) is 1. The van der Waals surface area contributed by atoms with E-state index in [2.05, 4.69) is 4.98 Å². The van der Waals surface area contributed by atoms with Crippen LogP contribution in [-0.2, 0) is 4.79 Å². The normalized spacial score (nSPS) is 16.4. The van der Waals surface area contributed by atoms with Crippen LogP contribution < -0.4 is 5.73 Å². The zero-order chi connectivity index (χ0) is 14.0. The molecule has 0 bridgehead atoms. The Hall–Kier alpha value is -1.62. The van der Waals surface area contributed by atoms with Gasteiger partial charge in [-0.05, 0) is 30.9 Å². The molecule has 1 aliphatic rings. The Morgan fingerprint density at radius 1 is 1.47 bits per heavy atom. The van der Waals surface area contributed by atoms with Crippen molar-refractivity contribution in [1.29, 1.82) is 0 Å². The van der Waals surface area contributed by atoms with Gasteiger partial charge in [-0.3, -0.25) is 9.59 Å². The highest BCUT2D eigenvalue weighted by Gasteiger charge is 2.36. The fraction of sp³-hybridized carbons (Fsp3) is 0.571. The molecule has 5 nitrogen and oxygen atoms in total. The zero-order valence-corrected chi connectivity index (χ0v) is 11.4. The summed E-state index contributed by atoms with van der Waals surface area (Å²) in [7, 11) is 0. The van der Waals surface area contributed by atoms with Gasteiger partial charge in [0.1, 0.15) is 0 Å². The summed E-state index contributed by atoms with van der Waals surface area (Å²) in [6, 6.07) is 3.16. The summed E-state index contributed by atoms with van der Waals surface area (Å²) in [6.45, 7) is 3.95. The van der Waals surface area contributed by atoms with Crippen molar-refractivity contribution >= 4 is 11.7 Å². The lowest BCUT2D eigenvalue weighted by atomic mass is 10.0. The van der Waals surface area contributed by atoms with E-state index in [4.69, 9.17) is 5.73 Å². The number of carbonyl (C=O) groups is 2. The summed E-state index contributed by atoms with van der Waals surface area (Å²) in [5.41, 5.74) is 6.45. The van der Waals surface area contributed by atoms with Gasteiger partial charge in [0.2, 0.25) is 5.91 Å². The molecule has 5 heteroatoms. The van der Waals surface area contributed by atoms with E-state index in [0.29, 0.717) is 5.69 Å². The van der Waals surface area contributed by atoms with Crippen LogP contribution in [0.15, 0.2) is 18.3 Å². The first kappa shape index (κ1) is 13.8. The monoisotopic (exact) mass is 263 g/mol. The van der Waals surface area contributed by atoms with E-state index >= 15 is 0 Å². The van der Waals surface area contributed by atoms with Crippen LogP contribution in [0.3, 0.4) is 0 Å². The number of carbonyl (C=O) groups excluding carboxylic acids is 2. The maximum atomic E-state index is 12.3. The van der Waals surface area contributed by atoms with Gasteiger partial charge in [0.05, 0.1) is 18.3 Å². The maximum absolute atomic E-state index is 12.3. The highest BCUT2D eigenvalue weighted by Crippen LogP contribution is 2.28. The van der Waals surface area contributed by atoms with Gasteiger partial charge < -0.3 is 15.6 Å². The van der Waals surface area contributed by atoms with Crippen molar-refractivity contribution in [2.75, 3.05) is 6.54 Å². The maximum Gasteiger partial charge on any atom is 0.240 e. The Balaban J connectivity index is 2.04. The van der Waals surface area contributed by atoms with Crippen molar-refractivity contribution in [3.63, 3.8) is 0 Å². The molecule has 1 heterocycles. The molecule has 1 aromatic rings. The molecule has 1 saturated carbocycles. The van der Waals surface area contributed by atoms with E-state index < -0.39 is 6.04 Å². The first-order chi connectivity index (χ1) is 9.00. The van der Waals surface area contributed by atoms with Gasteiger partial charge in [0.15, 0.2) is 5.78 Å². The molecule has 0 aromatic carbocycles. The number of nitrogens with zero attached hydrogens (tertiary/aromatic N) is 1. The van der Waals surface area contributed by atoms with Gasteiger partial charge in [-0.2, -0.15) is 0 Å². The lowest BCUT2D eigenvalue weighted by Gasteiger charge is -2.26. The SMILES string of the molecule is CC(C)C(N)C(=O)N(CC(=O)c1ccc[nH]1)C1CC1. The minimum absolute atomic E-state index is 0.0683. The molecule has 2 rings (SSSR count). The molecule has 1 fully saturated rings. The van der Waals surface area contributed by atoms with E-state index in [-0.39, 0.29) is 30.2 Å². The molecule has 0 spiro atoms.